The molecule has 2 fully saturated rings. The standard InChI is InChI=1S/C18H30N2O2P2.C8H12.BF4.Rh/c1-11-7-8-12(2)23(11)15-16(24-13(3)9-10-14(24)4)18(22)20(6)19(5)17(15)21;1-2-4-6-8-7-5-3-1;2-1(3,4)5;/h11-14H,7-10H2,1-6H3;1-2,7-8H,3-6H2;;/q;;-1;/b;2-1-,8-7-;;. The van der Waals surface area contributed by atoms with Gasteiger partial charge in [0.1, 0.15) is 0 Å². The zero-order chi connectivity index (χ0) is 27.9. The predicted octanol–water partition coefficient (Wildman–Crippen LogP) is 6.41. The van der Waals surface area contributed by atoms with E-state index in [1.54, 1.807) is 23.5 Å². The summed E-state index contributed by atoms with van der Waals surface area (Å²) in [5.74, 6) is 0. The van der Waals surface area contributed by atoms with Crippen LogP contribution >= 0.6 is 15.8 Å². The minimum Gasteiger partial charge on any atom is -0.418 e. The summed E-state index contributed by atoms with van der Waals surface area (Å²) in [7, 11) is -3.58. The maximum Gasteiger partial charge on any atom is 0.673 e. The number of halogens is 4. The van der Waals surface area contributed by atoms with E-state index in [9.17, 15) is 26.9 Å². The van der Waals surface area contributed by atoms with Crippen LogP contribution in [0.2, 0.25) is 0 Å². The summed E-state index contributed by atoms with van der Waals surface area (Å²) in [6.07, 6.45) is 18.8. The second-order valence-corrected chi connectivity index (χ2v) is 16.4. The fourth-order valence-electron chi connectivity index (χ4n) is 5.37. The molecule has 12 heteroatoms. The first-order valence-corrected chi connectivity index (χ1v) is 16.3. The molecule has 2 saturated heterocycles. The van der Waals surface area contributed by atoms with Gasteiger partial charge in [-0.1, -0.05) is 67.8 Å². The second-order valence-electron chi connectivity index (χ2n) is 10.3. The Balaban J connectivity index is 0.000000427. The molecule has 0 aromatic carbocycles. The molecule has 1 aliphatic carbocycles. The van der Waals surface area contributed by atoms with Gasteiger partial charge in [0.25, 0.3) is 11.1 Å². The molecule has 0 bridgehead atoms. The Morgan fingerprint density at radius 3 is 1.05 bits per heavy atom. The molecular weight excluding hydrogens is 624 g/mol. The van der Waals surface area contributed by atoms with Gasteiger partial charge in [-0.15, -0.1) is 0 Å². The van der Waals surface area contributed by atoms with Gasteiger partial charge in [0, 0.05) is 33.6 Å². The fourth-order valence-corrected chi connectivity index (χ4v) is 12.7. The smallest absolute Gasteiger partial charge is 0.418 e. The van der Waals surface area contributed by atoms with Gasteiger partial charge in [0.15, 0.2) is 0 Å². The molecule has 3 aliphatic rings. The minimum absolute atomic E-state index is 0. The summed E-state index contributed by atoms with van der Waals surface area (Å²) < 4.78 is 42.1. The average molecular weight is 666 g/mol. The zero-order valence-corrected chi connectivity index (χ0v) is 26.7. The Morgan fingerprint density at radius 2 is 0.842 bits per heavy atom. The normalized spacial score (nSPS) is 30.5. The van der Waals surface area contributed by atoms with Crippen LogP contribution in [0.1, 0.15) is 79.1 Å². The van der Waals surface area contributed by atoms with Crippen molar-refractivity contribution < 1.29 is 36.7 Å². The van der Waals surface area contributed by atoms with Crippen molar-refractivity contribution in [2.45, 2.75) is 102 Å². The predicted molar refractivity (Wildman–Crippen MR) is 153 cm³/mol. The van der Waals surface area contributed by atoms with E-state index in [1.807, 2.05) is 0 Å². The van der Waals surface area contributed by atoms with Crippen LogP contribution in [0.4, 0.5) is 17.3 Å². The van der Waals surface area contributed by atoms with Gasteiger partial charge in [-0.25, -0.2) is 0 Å². The molecule has 219 valence electrons. The fraction of sp³-hybridized carbons (Fsp3) is 0.692. The van der Waals surface area contributed by atoms with E-state index in [1.165, 1.54) is 51.4 Å². The number of hydrogen-bond donors (Lipinski definition) is 0. The molecule has 4 rings (SSSR count). The van der Waals surface area contributed by atoms with E-state index in [4.69, 9.17) is 0 Å². The summed E-state index contributed by atoms with van der Waals surface area (Å²) in [6, 6.07) is 0. The van der Waals surface area contributed by atoms with Crippen molar-refractivity contribution in [3.05, 3.63) is 45.0 Å². The van der Waals surface area contributed by atoms with Crippen molar-refractivity contribution in [1.82, 2.24) is 9.36 Å². The third-order valence-corrected chi connectivity index (χ3v) is 14.3. The molecule has 4 atom stereocenters. The molecule has 0 N–H and O–H groups in total. The third kappa shape index (κ3) is 9.81. The molecule has 0 amide bonds. The number of allylic oxidation sites excluding steroid dienone is 4. The van der Waals surface area contributed by atoms with Crippen LogP contribution in [0.5, 0.6) is 0 Å². The van der Waals surface area contributed by atoms with Gasteiger partial charge in [-0.2, -0.15) is 0 Å². The molecular formula is C26H42BF4N2O2P2Rh-. The van der Waals surface area contributed by atoms with E-state index >= 15 is 0 Å². The third-order valence-electron chi connectivity index (χ3n) is 7.42. The van der Waals surface area contributed by atoms with Gasteiger partial charge in [0.2, 0.25) is 0 Å². The van der Waals surface area contributed by atoms with Crippen LogP contribution in [-0.4, -0.2) is 39.3 Å². The number of aromatic nitrogens is 2. The van der Waals surface area contributed by atoms with Gasteiger partial charge in [-0.05, 0) is 74.0 Å². The summed E-state index contributed by atoms with van der Waals surface area (Å²) in [5.41, 5.74) is 2.39. The number of rotatable bonds is 2. The van der Waals surface area contributed by atoms with Gasteiger partial charge >= 0.3 is 7.25 Å². The Kier molecular flexibility index (Phi) is 14.9. The quantitative estimate of drug-likeness (QED) is 0.159. The molecule has 1 aromatic rings. The summed E-state index contributed by atoms with van der Waals surface area (Å²) in [5, 5.41) is 1.89. The van der Waals surface area contributed by atoms with Crippen molar-refractivity contribution in [2.75, 3.05) is 0 Å². The van der Waals surface area contributed by atoms with Crippen molar-refractivity contribution in [2.24, 2.45) is 14.1 Å². The van der Waals surface area contributed by atoms with Crippen LogP contribution in [0.25, 0.3) is 0 Å². The summed E-state index contributed by atoms with van der Waals surface area (Å²) in [6.45, 7) is 9.13. The molecule has 4 unspecified atom stereocenters. The summed E-state index contributed by atoms with van der Waals surface area (Å²) >= 11 is 0. The van der Waals surface area contributed by atoms with Crippen molar-refractivity contribution >= 4 is 33.7 Å². The van der Waals surface area contributed by atoms with Crippen LogP contribution in [0.15, 0.2) is 33.9 Å². The van der Waals surface area contributed by atoms with Gasteiger partial charge in [-0.3, -0.25) is 19.0 Å². The van der Waals surface area contributed by atoms with E-state index in [-0.39, 0.29) is 30.6 Å². The van der Waals surface area contributed by atoms with Crippen molar-refractivity contribution in [1.29, 1.82) is 0 Å². The van der Waals surface area contributed by atoms with Crippen LogP contribution in [0.3, 0.4) is 0 Å². The first kappa shape index (κ1) is 35.5. The van der Waals surface area contributed by atoms with E-state index in [0.29, 0.717) is 22.6 Å². The SMILES string of the molecule is C1=C\CC/C=C\CC/1.CC1CCC(C)P1c1c(P2C(C)CCC2C)c(=O)n(C)n(C)c1=O.F[B-](F)(F)F.[Rh]. The molecule has 2 aliphatic heterocycles. The first-order chi connectivity index (χ1) is 17.3. The topological polar surface area (TPSA) is 44.0 Å². The van der Waals surface area contributed by atoms with Gasteiger partial charge < -0.3 is 17.3 Å². The first-order valence-electron chi connectivity index (χ1n) is 13.3. The molecule has 0 saturated carbocycles. The number of hydrogen-bond acceptors (Lipinski definition) is 2. The maximum atomic E-state index is 13.2. The molecule has 1 radical (unpaired) electrons. The molecule has 1 aromatic heterocycles. The Hall–Kier alpha value is -0.572. The molecule has 38 heavy (non-hydrogen) atoms. The van der Waals surface area contributed by atoms with E-state index in [2.05, 4.69) is 52.0 Å². The van der Waals surface area contributed by atoms with Crippen LogP contribution < -0.4 is 21.7 Å². The number of nitrogens with zero attached hydrogens (tertiary/aromatic N) is 2. The molecule has 4 nitrogen and oxygen atoms in total. The Bertz CT molecular complexity index is 962. The van der Waals surface area contributed by atoms with Crippen molar-refractivity contribution in [3.63, 3.8) is 0 Å². The maximum absolute atomic E-state index is 13.2. The monoisotopic (exact) mass is 666 g/mol. The second kappa shape index (κ2) is 16.0. The van der Waals surface area contributed by atoms with Gasteiger partial charge in [0.05, 0.1) is 10.6 Å². The zero-order valence-electron chi connectivity index (χ0n) is 23.3. The van der Waals surface area contributed by atoms with Crippen LogP contribution in [-0.2, 0) is 33.6 Å². The molecule has 0 spiro atoms. The summed E-state index contributed by atoms with van der Waals surface area (Å²) in [4.78, 5) is 26.5. The molecule has 3 heterocycles. The van der Waals surface area contributed by atoms with Crippen LogP contribution in [0, 0.1) is 0 Å². The Labute approximate surface area is 240 Å². The average Bonchev–Trinajstić information content (AvgIpc) is 3.28. The van der Waals surface area contributed by atoms with Crippen molar-refractivity contribution in [3.8, 4) is 0 Å². The largest absolute Gasteiger partial charge is 0.673 e. The Morgan fingerprint density at radius 1 is 0.632 bits per heavy atom. The van der Waals surface area contributed by atoms with E-state index in [0.717, 1.165) is 10.6 Å². The van der Waals surface area contributed by atoms with E-state index < -0.39 is 23.1 Å². The minimum atomic E-state index is -6.00.